The molecule has 1 rings (SSSR count). The van der Waals surface area contributed by atoms with Gasteiger partial charge in [-0.2, -0.15) is 0 Å². The Morgan fingerprint density at radius 1 is 1.42 bits per heavy atom. The number of thioether (sulfide) groups is 1. The first-order valence-electron chi connectivity index (χ1n) is 3.41. The number of rotatable bonds is 1. The highest BCUT2D eigenvalue weighted by atomic mass is 32.2. The lowest BCUT2D eigenvalue weighted by molar-refractivity contribution is 0.143. The molecule has 1 aliphatic heterocycles. The standard InChI is InChI=1S/C6H11N3O2S/c1-8-4(10)7-5(12-3)9(2)6(8)11/h5H,1-3H3,(H,7,10). The lowest BCUT2D eigenvalue weighted by Gasteiger charge is -2.36. The third-order valence-electron chi connectivity index (χ3n) is 1.72. The van der Waals surface area contributed by atoms with Crippen LogP contribution in [0.4, 0.5) is 9.59 Å². The van der Waals surface area contributed by atoms with Crippen LogP contribution in [0.1, 0.15) is 0 Å². The van der Waals surface area contributed by atoms with Crippen LogP contribution in [0.15, 0.2) is 0 Å². The van der Waals surface area contributed by atoms with Gasteiger partial charge in [-0.1, -0.05) is 0 Å². The Morgan fingerprint density at radius 3 is 2.50 bits per heavy atom. The van der Waals surface area contributed by atoms with Crippen LogP contribution in [0.5, 0.6) is 0 Å². The summed E-state index contributed by atoms with van der Waals surface area (Å²) in [6.07, 6.45) is 1.83. The molecule has 0 aliphatic carbocycles. The molecule has 1 unspecified atom stereocenters. The number of carbonyl (C=O) groups is 2. The lowest BCUT2D eigenvalue weighted by atomic mass is 10.6. The molecule has 12 heavy (non-hydrogen) atoms. The molecule has 1 atom stereocenters. The smallest absolute Gasteiger partial charge is 0.308 e. The van der Waals surface area contributed by atoms with E-state index in [1.165, 1.54) is 23.7 Å². The van der Waals surface area contributed by atoms with E-state index in [-0.39, 0.29) is 17.6 Å². The molecule has 0 spiro atoms. The molecular weight excluding hydrogens is 178 g/mol. The number of urea groups is 2. The molecule has 1 N–H and O–H groups in total. The van der Waals surface area contributed by atoms with Crippen molar-refractivity contribution in [1.82, 2.24) is 15.1 Å². The van der Waals surface area contributed by atoms with Gasteiger partial charge in [0.2, 0.25) is 0 Å². The molecule has 0 saturated carbocycles. The molecule has 6 heteroatoms. The second-order valence-electron chi connectivity index (χ2n) is 2.49. The highest BCUT2D eigenvalue weighted by Crippen LogP contribution is 2.14. The van der Waals surface area contributed by atoms with Crippen molar-refractivity contribution in [3.63, 3.8) is 0 Å². The minimum atomic E-state index is -0.350. The van der Waals surface area contributed by atoms with Gasteiger partial charge in [-0.05, 0) is 6.26 Å². The van der Waals surface area contributed by atoms with Crippen LogP contribution < -0.4 is 5.32 Å². The number of nitrogens with zero attached hydrogens (tertiary/aromatic N) is 2. The van der Waals surface area contributed by atoms with Crippen LogP contribution in [0, 0.1) is 0 Å². The number of carbonyl (C=O) groups excluding carboxylic acids is 2. The average molecular weight is 189 g/mol. The van der Waals surface area contributed by atoms with E-state index in [9.17, 15) is 9.59 Å². The Labute approximate surface area is 75.1 Å². The summed E-state index contributed by atoms with van der Waals surface area (Å²) in [4.78, 5) is 24.9. The summed E-state index contributed by atoms with van der Waals surface area (Å²) in [7, 11) is 3.10. The van der Waals surface area contributed by atoms with Gasteiger partial charge in [0.05, 0.1) is 0 Å². The fraction of sp³-hybridized carbons (Fsp3) is 0.667. The molecule has 1 heterocycles. The fourth-order valence-electron chi connectivity index (χ4n) is 0.940. The Hall–Kier alpha value is -0.910. The number of hydrogen-bond acceptors (Lipinski definition) is 3. The van der Waals surface area contributed by atoms with E-state index in [1.54, 1.807) is 7.05 Å². The van der Waals surface area contributed by atoms with E-state index in [2.05, 4.69) is 5.32 Å². The maximum Gasteiger partial charge on any atom is 0.329 e. The van der Waals surface area contributed by atoms with Gasteiger partial charge in [0, 0.05) is 14.1 Å². The van der Waals surface area contributed by atoms with Gasteiger partial charge in [0.15, 0.2) is 5.50 Å². The summed E-state index contributed by atoms with van der Waals surface area (Å²) in [5.74, 6) is 0. The molecule has 1 fully saturated rings. The first-order valence-corrected chi connectivity index (χ1v) is 4.70. The number of imide groups is 1. The molecule has 0 aromatic heterocycles. The van der Waals surface area contributed by atoms with Crippen LogP contribution in [-0.2, 0) is 0 Å². The van der Waals surface area contributed by atoms with Crippen molar-refractivity contribution in [1.29, 1.82) is 0 Å². The van der Waals surface area contributed by atoms with E-state index in [0.717, 1.165) is 4.90 Å². The Morgan fingerprint density at radius 2 is 2.00 bits per heavy atom. The Bertz CT molecular complexity index is 221. The first kappa shape index (κ1) is 9.18. The average Bonchev–Trinajstić information content (AvgIpc) is 2.08. The molecule has 0 aromatic rings. The predicted octanol–water partition coefficient (Wildman–Crippen LogP) is 0.340. The zero-order valence-corrected chi connectivity index (χ0v) is 8.01. The van der Waals surface area contributed by atoms with Crippen molar-refractivity contribution in [3.8, 4) is 0 Å². The molecule has 1 aliphatic rings. The second kappa shape index (κ2) is 3.22. The van der Waals surface area contributed by atoms with Crippen molar-refractivity contribution >= 4 is 23.8 Å². The van der Waals surface area contributed by atoms with Crippen molar-refractivity contribution in [2.45, 2.75) is 5.50 Å². The monoisotopic (exact) mass is 189 g/mol. The molecular formula is C6H11N3O2S. The fourth-order valence-corrected chi connectivity index (χ4v) is 1.57. The predicted molar refractivity (Wildman–Crippen MR) is 46.8 cm³/mol. The molecule has 68 valence electrons. The molecule has 5 nitrogen and oxygen atoms in total. The SMILES string of the molecule is CSC1NC(=O)N(C)C(=O)N1C. The van der Waals surface area contributed by atoms with E-state index in [1.807, 2.05) is 6.26 Å². The summed E-state index contributed by atoms with van der Waals surface area (Å²) < 4.78 is 0. The van der Waals surface area contributed by atoms with E-state index in [4.69, 9.17) is 0 Å². The normalized spacial score (nSPS) is 24.4. The van der Waals surface area contributed by atoms with Crippen molar-refractivity contribution in [3.05, 3.63) is 0 Å². The van der Waals surface area contributed by atoms with Crippen molar-refractivity contribution in [2.24, 2.45) is 0 Å². The minimum absolute atomic E-state index is 0.249. The largest absolute Gasteiger partial charge is 0.329 e. The van der Waals surface area contributed by atoms with Gasteiger partial charge in [0.25, 0.3) is 0 Å². The molecule has 1 saturated heterocycles. The van der Waals surface area contributed by atoms with E-state index < -0.39 is 0 Å². The van der Waals surface area contributed by atoms with Gasteiger partial charge in [0.1, 0.15) is 0 Å². The zero-order valence-electron chi connectivity index (χ0n) is 7.20. The van der Waals surface area contributed by atoms with E-state index in [0.29, 0.717) is 0 Å². The van der Waals surface area contributed by atoms with Gasteiger partial charge >= 0.3 is 12.1 Å². The number of nitrogens with one attached hydrogen (secondary N) is 1. The summed E-state index contributed by atoms with van der Waals surface area (Å²) in [5.41, 5.74) is -0.249. The third-order valence-corrected chi connectivity index (χ3v) is 2.60. The Kier molecular flexibility index (Phi) is 2.46. The summed E-state index contributed by atoms with van der Waals surface area (Å²) in [6, 6.07) is -0.629. The quantitative estimate of drug-likeness (QED) is 0.647. The number of hydrogen-bond donors (Lipinski definition) is 1. The number of amides is 4. The zero-order chi connectivity index (χ0) is 9.30. The topological polar surface area (TPSA) is 52.7 Å². The van der Waals surface area contributed by atoms with Gasteiger partial charge in [-0.3, -0.25) is 4.90 Å². The second-order valence-corrected chi connectivity index (χ2v) is 3.41. The summed E-state index contributed by atoms with van der Waals surface area (Å²) in [5, 5.41) is 2.65. The maximum absolute atomic E-state index is 11.3. The summed E-state index contributed by atoms with van der Waals surface area (Å²) in [6.45, 7) is 0. The van der Waals surface area contributed by atoms with Gasteiger partial charge in [-0.25, -0.2) is 14.5 Å². The van der Waals surface area contributed by atoms with E-state index >= 15 is 0 Å². The van der Waals surface area contributed by atoms with Crippen molar-refractivity contribution in [2.75, 3.05) is 20.4 Å². The van der Waals surface area contributed by atoms with Crippen LogP contribution in [0.25, 0.3) is 0 Å². The summed E-state index contributed by atoms with van der Waals surface area (Å²) >= 11 is 1.41. The highest BCUT2D eigenvalue weighted by Gasteiger charge is 2.32. The molecule has 0 radical (unpaired) electrons. The minimum Gasteiger partial charge on any atom is -0.308 e. The van der Waals surface area contributed by atoms with Gasteiger partial charge < -0.3 is 5.32 Å². The maximum atomic E-state index is 11.3. The third kappa shape index (κ3) is 1.34. The molecule has 0 bridgehead atoms. The van der Waals surface area contributed by atoms with Crippen LogP contribution >= 0.6 is 11.8 Å². The van der Waals surface area contributed by atoms with Crippen molar-refractivity contribution < 1.29 is 9.59 Å². The van der Waals surface area contributed by atoms with Crippen LogP contribution in [0.2, 0.25) is 0 Å². The lowest BCUT2D eigenvalue weighted by Crippen LogP contribution is -2.61. The van der Waals surface area contributed by atoms with Gasteiger partial charge in [-0.15, -0.1) is 11.8 Å². The van der Waals surface area contributed by atoms with Crippen LogP contribution in [0.3, 0.4) is 0 Å². The first-order chi connectivity index (χ1) is 5.57. The van der Waals surface area contributed by atoms with Crippen LogP contribution in [-0.4, -0.2) is 47.7 Å². The Balaban J connectivity index is 2.77. The highest BCUT2D eigenvalue weighted by molar-refractivity contribution is 7.99. The molecule has 0 aromatic carbocycles. The molecule has 4 amide bonds.